The number of halogens is 1. The molecule has 5 heteroatoms. The first-order chi connectivity index (χ1) is 11.5. The maximum atomic E-state index is 11.4. The molecule has 2 atom stereocenters. The van der Waals surface area contributed by atoms with Crippen LogP contribution in [0.3, 0.4) is 0 Å². The maximum absolute atomic E-state index is 11.4. The van der Waals surface area contributed by atoms with Crippen molar-refractivity contribution in [3.05, 3.63) is 34.3 Å². The van der Waals surface area contributed by atoms with Crippen LogP contribution in [-0.2, 0) is 14.2 Å². The molecule has 2 rings (SSSR count). The van der Waals surface area contributed by atoms with Crippen molar-refractivity contribution in [2.45, 2.75) is 64.6 Å². The molecule has 0 N–H and O–H groups in total. The van der Waals surface area contributed by atoms with Crippen molar-refractivity contribution >= 4 is 17.8 Å². The van der Waals surface area contributed by atoms with E-state index in [2.05, 4.69) is 19.9 Å². The first kappa shape index (κ1) is 19.1. The summed E-state index contributed by atoms with van der Waals surface area (Å²) in [5.41, 5.74) is 2.63. The number of aryl methyl sites for hydroxylation is 1. The molecule has 1 saturated heterocycles. The Morgan fingerprint density at radius 2 is 2.12 bits per heavy atom. The summed E-state index contributed by atoms with van der Waals surface area (Å²) in [6.45, 7) is 6.87. The van der Waals surface area contributed by atoms with Crippen LogP contribution >= 0.6 is 11.6 Å². The summed E-state index contributed by atoms with van der Waals surface area (Å²) in [6, 6.07) is 6.13. The van der Waals surface area contributed by atoms with Crippen LogP contribution in [0.1, 0.15) is 63.0 Å². The number of hydrogen-bond acceptors (Lipinski definition) is 4. The number of hydrogen-bond donors (Lipinski definition) is 0. The van der Waals surface area contributed by atoms with Crippen LogP contribution in [-0.4, -0.2) is 25.2 Å². The molecule has 0 spiro atoms. The number of rotatable bonds is 9. The number of unbranched alkanes of at least 4 members (excludes halogenated alkanes) is 1. The van der Waals surface area contributed by atoms with Gasteiger partial charge >= 0.3 is 6.16 Å². The van der Waals surface area contributed by atoms with Gasteiger partial charge in [-0.15, -0.1) is 0 Å². The van der Waals surface area contributed by atoms with E-state index in [0.717, 1.165) is 37.1 Å². The van der Waals surface area contributed by atoms with Gasteiger partial charge in [0.25, 0.3) is 0 Å². The molecule has 0 amide bonds. The lowest BCUT2D eigenvalue weighted by molar-refractivity contribution is -0.0381. The maximum Gasteiger partial charge on any atom is 0.510 e. The summed E-state index contributed by atoms with van der Waals surface area (Å²) >= 11 is 6.05. The van der Waals surface area contributed by atoms with Gasteiger partial charge in [-0.1, -0.05) is 31.0 Å². The van der Waals surface area contributed by atoms with Crippen molar-refractivity contribution in [2.24, 2.45) is 0 Å². The minimum atomic E-state index is -0.732. The molecule has 24 heavy (non-hydrogen) atoms. The Morgan fingerprint density at radius 3 is 2.71 bits per heavy atom. The fourth-order valence-corrected chi connectivity index (χ4v) is 3.32. The molecule has 4 nitrogen and oxygen atoms in total. The van der Waals surface area contributed by atoms with Crippen molar-refractivity contribution < 1.29 is 19.0 Å². The standard InChI is InChI=1S/C19H27ClO4/c1-4-15(17-10-9-16(20)12-14(17)3)8-6-7-11-19(13-23-19)24-18(21)22-5-2/h9-10,12,15H,4-8,11,13H2,1-3H3. The second-order valence-corrected chi connectivity index (χ2v) is 6.77. The molecular weight excluding hydrogens is 328 g/mol. The fraction of sp³-hybridized carbons (Fsp3) is 0.632. The Kier molecular flexibility index (Phi) is 6.93. The van der Waals surface area contributed by atoms with Crippen molar-refractivity contribution in [3.63, 3.8) is 0 Å². The molecule has 134 valence electrons. The molecule has 2 unspecified atom stereocenters. The van der Waals surface area contributed by atoms with Crippen LogP contribution in [0.4, 0.5) is 4.79 Å². The van der Waals surface area contributed by atoms with Gasteiger partial charge in [0.05, 0.1) is 6.61 Å². The number of benzene rings is 1. The molecule has 0 aromatic heterocycles. The Bertz CT molecular complexity index is 554. The SMILES string of the molecule is CCOC(=O)OC1(CCCCC(CC)c2ccc(Cl)cc2C)CO1. The fourth-order valence-electron chi connectivity index (χ4n) is 3.10. The average molecular weight is 355 g/mol. The highest BCUT2D eigenvalue weighted by Crippen LogP contribution is 2.36. The molecule has 0 aliphatic carbocycles. The quantitative estimate of drug-likeness (QED) is 0.329. The predicted octanol–water partition coefficient (Wildman–Crippen LogP) is 5.60. The molecule has 1 aromatic rings. The lowest BCUT2D eigenvalue weighted by Gasteiger charge is -2.18. The lowest BCUT2D eigenvalue weighted by Crippen LogP contribution is -2.22. The highest BCUT2D eigenvalue weighted by atomic mass is 35.5. The van der Waals surface area contributed by atoms with Gasteiger partial charge in [0.1, 0.15) is 6.61 Å². The van der Waals surface area contributed by atoms with E-state index < -0.39 is 11.9 Å². The van der Waals surface area contributed by atoms with E-state index in [-0.39, 0.29) is 0 Å². The summed E-state index contributed by atoms with van der Waals surface area (Å²) < 4.78 is 15.4. The molecule has 1 heterocycles. The minimum Gasteiger partial charge on any atom is -0.435 e. The molecule has 1 fully saturated rings. The van der Waals surface area contributed by atoms with Gasteiger partial charge in [-0.2, -0.15) is 0 Å². The smallest absolute Gasteiger partial charge is 0.435 e. The summed E-state index contributed by atoms with van der Waals surface area (Å²) in [5.74, 6) is -0.200. The van der Waals surface area contributed by atoms with E-state index in [0.29, 0.717) is 19.1 Å². The molecular formula is C19H27ClO4. The molecule has 1 aromatic carbocycles. The Labute approximate surface area is 149 Å². The van der Waals surface area contributed by atoms with Crippen LogP contribution in [0.25, 0.3) is 0 Å². The highest BCUT2D eigenvalue weighted by Gasteiger charge is 2.49. The van der Waals surface area contributed by atoms with Crippen LogP contribution < -0.4 is 0 Å². The van der Waals surface area contributed by atoms with E-state index in [1.807, 2.05) is 12.1 Å². The van der Waals surface area contributed by atoms with Gasteiger partial charge in [0.15, 0.2) is 0 Å². The first-order valence-electron chi connectivity index (χ1n) is 8.75. The molecule has 1 aliphatic rings. The molecule has 1 aliphatic heterocycles. The summed E-state index contributed by atoms with van der Waals surface area (Å²) in [4.78, 5) is 11.4. The second kappa shape index (κ2) is 8.72. The zero-order chi connectivity index (χ0) is 17.6. The number of epoxide rings is 1. The number of ether oxygens (including phenoxy) is 3. The van der Waals surface area contributed by atoms with Gasteiger partial charge in [0, 0.05) is 11.4 Å². The lowest BCUT2D eigenvalue weighted by atomic mass is 9.88. The number of carbonyl (C=O) groups is 1. The monoisotopic (exact) mass is 354 g/mol. The predicted molar refractivity (Wildman–Crippen MR) is 94.5 cm³/mol. The summed E-state index contributed by atoms with van der Waals surface area (Å²) in [5, 5.41) is 0.787. The molecule has 0 bridgehead atoms. The third-order valence-electron chi connectivity index (χ3n) is 4.52. The molecule has 0 saturated carbocycles. The van der Waals surface area contributed by atoms with Crippen molar-refractivity contribution in [2.75, 3.05) is 13.2 Å². The third-order valence-corrected chi connectivity index (χ3v) is 4.76. The van der Waals surface area contributed by atoms with Crippen molar-refractivity contribution in [1.29, 1.82) is 0 Å². The Balaban J connectivity index is 1.77. The minimum absolute atomic E-state index is 0.313. The third kappa shape index (κ3) is 5.38. The Morgan fingerprint density at radius 1 is 1.38 bits per heavy atom. The highest BCUT2D eigenvalue weighted by molar-refractivity contribution is 6.30. The number of carbonyl (C=O) groups excluding carboxylic acids is 1. The largest absolute Gasteiger partial charge is 0.510 e. The van der Waals surface area contributed by atoms with Crippen LogP contribution in [0.15, 0.2) is 18.2 Å². The van der Waals surface area contributed by atoms with Crippen LogP contribution in [0, 0.1) is 6.92 Å². The van der Waals surface area contributed by atoms with Gasteiger partial charge in [0.2, 0.25) is 5.79 Å². The van der Waals surface area contributed by atoms with Crippen molar-refractivity contribution in [3.8, 4) is 0 Å². The zero-order valence-corrected chi connectivity index (χ0v) is 15.5. The van der Waals surface area contributed by atoms with Crippen molar-refractivity contribution in [1.82, 2.24) is 0 Å². The van der Waals surface area contributed by atoms with Gasteiger partial charge in [-0.05, 0) is 62.3 Å². The van der Waals surface area contributed by atoms with Crippen LogP contribution in [0.2, 0.25) is 5.02 Å². The van der Waals surface area contributed by atoms with E-state index >= 15 is 0 Å². The molecule has 0 radical (unpaired) electrons. The second-order valence-electron chi connectivity index (χ2n) is 6.34. The summed E-state index contributed by atoms with van der Waals surface area (Å²) in [7, 11) is 0. The van der Waals surface area contributed by atoms with Gasteiger partial charge in [-0.25, -0.2) is 4.79 Å². The Hall–Kier alpha value is -1.26. The van der Waals surface area contributed by atoms with E-state index in [1.54, 1.807) is 6.92 Å². The van der Waals surface area contributed by atoms with E-state index in [4.69, 9.17) is 25.8 Å². The van der Waals surface area contributed by atoms with Gasteiger partial charge in [-0.3, -0.25) is 0 Å². The van der Waals surface area contributed by atoms with Crippen LogP contribution in [0.5, 0.6) is 0 Å². The van der Waals surface area contributed by atoms with Gasteiger partial charge < -0.3 is 14.2 Å². The first-order valence-corrected chi connectivity index (χ1v) is 9.13. The topological polar surface area (TPSA) is 48.1 Å². The van der Waals surface area contributed by atoms with E-state index in [1.165, 1.54) is 11.1 Å². The average Bonchev–Trinajstić information content (AvgIpc) is 3.28. The zero-order valence-electron chi connectivity index (χ0n) is 14.8. The van der Waals surface area contributed by atoms with E-state index in [9.17, 15) is 4.79 Å². The normalized spacial score (nSPS) is 20.5. The summed E-state index contributed by atoms with van der Waals surface area (Å²) in [6.07, 6.45) is 4.32.